The van der Waals surface area contributed by atoms with Crippen LogP contribution in [-0.2, 0) is 17.8 Å². The van der Waals surface area contributed by atoms with Gasteiger partial charge in [-0.05, 0) is 33.1 Å². The van der Waals surface area contributed by atoms with Crippen LogP contribution in [-0.4, -0.2) is 43.4 Å². The van der Waals surface area contributed by atoms with Gasteiger partial charge in [-0.15, -0.1) is 0 Å². The number of nitrogen functional groups attached to an aromatic ring is 1. The number of likely N-dealkylation sites (tertiary alicyclic amines) is 1. The zero-order valence-electron chi connectivity index (χ0n) is 16.6. The minimum Gasteiger partial charge on any atom is -0.368 e. The van der Waals surface area contributed by atoms with Crippen molar-refractivity contribution < 1.29 is 4.79 Å². The number of anilines is 1. The molecule has 7 nitrogen and oxygen atoms in total. The Morgan fingerprint density at radius 3 is 2.52 bits per heavy atom. The molecule has 0 atom stereocenters. The third kappa shape index (κ3) is 4.46. The van der Waals surface area contributed by atoms with Crippen molar-refractivity contribution in [3.05, 3.63) is 35.2 Å². The number of carbonyl (C=O) groups is 1. The molecular weight excluding hydrogens is 340 g/mol. The van der Waals surface area contributed by atoms with Crippen LogP contribution < -0.4 is 5.73 Å². The molecule has 0 radical (unpaired) electrons. The van der Waals surface area contributed by atoms with Crippen molar-refractivity contribution in [1.82, 2.24) is 24.4 Å². The van der Waals surface area contributed by atoms with E-state index in [0.29, 0.717) is 12.3 Å². The van der Waals surface area contributed by atoms with Gasteiger partial charge in [0.15, 0.2) is 0 Å². The predicted molar refractivity (Wildman–Crippen MR) is 105 cm³/mol. The summed E-state index contributed by atoms with van der Waals surface area (Å²) in [6, 6.07) is 0. The Bertz CT molecular complexity index is 769. The second kappa shape index (κ2) is 8.50. The molecule has 2 aromatic heterocycles. The number of hydrogen-bond acceptors (Lipinski definition) is 5. The van der Waals surface area contributed by atoms with Crippen LogP contribution in [0, 0.1) is 13.8 Å². The fourth-order valence-electron chi connectivity index (χ4n) is 3.87. The van der Waals surface area contributed by atoms with Crippen molar-refractivity contribution in [2.24, 2.45) is 0 Å². The van der Waals surface area contributed by atoms with Gasteiger partial charge >= 0.3 is 0 Å². The quantitative estimate of drug-likeness (QED) is 0.844. The molecule has 1 aliphatic rings. The van der Waals surface area contributed by atoms with E-state index in [1.807, 2.05) is 24.9 Å². The van der Waals surface area contributed by atoms with Gasteiger partial charge in [-0.1, -0.05) is 13.3 Å². The fraction of sp³-hybridized carbons (Fsp3) is 0.600. The summed E-state index contributed by atoms with van der Waals surface area (Å²) in [6.45, 7) is 8.55. The van der Waals surface area contributed by atoms with Crippen molar-refractivity contribution in [1.29, 1.82) is 0 Å². The molecule has 3 rings (SSSR count). The number of hydrogen-bond donors (Lipinski definition) is 1. The van der Waals surface area contributed by atoms with Crippen LogP contribution in [0.3, 0.4) is 0 Å². The maximum absolute atomic E-state index is 12.8. The van der Waals surface area contributed by atoms with Crippen LogP contribution in [0.25, 0.3) is 0 Å². The summed E-state index contributed by atoms with van der Waals surface area (Å²) >= 11 is 0. The first-order valence-corrected chi connectivity index (χ1v) is 9.88. The highest BCUT2D eigenvalue weighted by Crippen LogP contribution is 2.27. The first-order chi connectivity index (χ1) is 13.0. The molecule has 27 heavy (non-hydrogen) atoms. The molecule has 1 fully saturated rings. The lowest BCUT2D eigenvalue weighted by atomic mass is 9.95. The Balaban J connectivity index is 1.59. The molecule has 0 saturated carbocycles. The minimum atomic E-state index is 0.141. The topological polar surface area (TPSA) is 89.9 Å². The molecule has 0 bridgehead atoms. The Kier molecular flexibility index (Phi) is 6.08. The third-order valence-electron chi connectivity index (χ3n) is 5.48. The number of aryl methyl sites for hydroxylation is 3. The standard InChI is InChI=1S/C20H30N6O/c1-4-5-9-26-12-8-22-19(26)16-6-10-25(11-7-16)18(27)13-17-14(2)23-20(21)24-15(17)3/h8,12,16H,4-7,9-11,13H2,1-3H3,(H2,21,23,24). The van der Waals surface area contributed by atoms with Crippen molar-refractivity contribution in [2.45, 2.75) is 65.3 Å². The number of unbranched alkanes of at least 4 members (excludes halogenated alkanes) is 1. The van der Waals surface area contributed by atoms with Crippen LogP contribution in [0.5, 0.6) is 0 Å². The van der Waals surface area contributed by atoms with Crippen LogP contribution in [0.4, 0.5) is 5.95 Å². The highest BCUT2D eigenvalue weighted by molar-refractivity contribution is 5.79. The molecule has 3 heterocycles. The molecule has 0 aliphatic carbocycles. The summed E-state index contributed by atoms with van der Waals surface area (Å²) < 4.78 is 2.28. The van der Waals surface area contributed by atoms with Gasteiger partial charge in [0.2, 0.25) is 11.9 Å². The van der Waals surface area contributed by atoms with E-state index in [4.69, 9.17) is 5.73 Å². The Hall–Kier alpha value is -2.44. The predicted octanol–water partition coefficient (Wildman–Crippen LogP) is 2.62. The van der Waals surface area contributed by atoms with E-state index in [9.17, 15) is 4.79 Å². The first-order valence-electron chi connectivity index (χ1n) is 9.88. The van der Waals surface area contributed by atoms with Gasteiger partial charge in [0.05, 0.1) is 6.42 Å². The van der Waals surface area contributed by atoms with Crippen molar-refractivity contribution in [2.75, 3.05) is 18.8 Å². The van der Waals surface area contributed by atoms with Gasteiger partial charge in [-0.2, -0.15) is 0 Å². The summed E-state index contributed by atoms with van der Waals surface area (Å²) in [6.07, 6.45) is 8.59. The molecule has 1 aliphatic heterocycles. The molecule has 1 saturated heterocycles. The average Bonchev–Trinajstić information content (AvgIpc) is 3.11. The van der Waals surface area contributed by atoms with Crippen molar-refractivity contribution in [3.63, 3.8) is 0 Å². The third-order valence-corrected chi connectivity index (χ3v) is 5.48. The van der Waals surface area contributed by atoms with Crippen LogP contribution in [0.15, 0.2) is 12.4 Å². The Morgan fingerprint density at radius 1 is 1.22 bits per heavy atom. The number of amides is 1. The zero-order chi connectivity index (χ0) is 19.4. The van der Waals surface area contributed by atoms with Gasteiger partial charge in [-0.3, -0.25) is 4.79 Å². The van der Waals surface area contributed by atoms with E-state index in [-0.39, 0.29) is 11.9 Å². The van der Waals surface area contributed by atoms with Crippen molar-refractivity contribution in [3.8, 4) is 0 Å². The van der Waals surface area contributed by atoms with Crippen LogP contribution in [0.1, 0.15) is 61.3 Å². The van der Waals surface area contributed by atoms with Crippen LogP contribution >= 0.6 is 0 Å². The highest BCUT2D eigenvalue weighted by atomic mass is 16.2. The number of imidazole rings is 1. The molecule has 0 spiro atoms. The summed E-state index contributed by atoms with van der Waals surface area (Å²) in [5, 5.41) is 0. The SMILES string of the molecule is CCCCn1ccnc1C1CCN(C(=O)Cc2c(C)nc(N)nc2C)CC1. The monoisotopic (exact) mass is 370 g/mol. The lowest BCUT2D eigenvalue weighted by molar-refractivity contribution is -0.131. The second-order valence-corrected chi connectivity index (χ2v) is 7.40. The number of piperidine rings is 1. The Morgan fingerprint density at radius 2 is 1.89 bits per heavy atom. The normalized spacial score (nSPS) is 15.3. The van der Waals surface area contributed by atoms with Crippen molar-refractivity contribution >= 4 is 11.9 Å². The smallest absolute Gasteiger partial charge is 0.227 e. The van der Waals surface area contributed by atoms with E-state index < -0.39 is 0 Å². The van der Waals surface area contributed by atoms with Gasteiger partial charge in [-0.25, -0.2) is 15.0 Å². The maximum atomic E-state index is 12.8. The second-order valence-electron chi connectivity index (χ2n) is 7.40. The number of nitrogens with two attached hydrogens (primary N) is 1. The van der Waals surface area contributed by atoms with E-state index in [1.54, 1.807) is 0 Å². The average molecular weight is 371 g/mol. The molecular formula is C20H30N6O. The number of nitrogens with zero attached hydrogens (tertiary/aromatic N) is 5. The van der Waals surface area contributed by atoms with Gasteiger partial charge in [0.25, 0.3) is 0 Å². The van der Waals surface area contributed by atoms with E-state index >= 15 is 0 Å². The summed E-state index contributed by atoms with van der Waals surface area (Å²) in [7, 11) is 0. The number of carbonyl (C=O) groups excluding carboxylic acids is 1. The lowest BCUT2D eigenvalue weighted by Crippen LogP contribution is -2.39. The highest BCUT2D eigenvalue weighted by Gasteiger charge is 2.27. The summed E-state index contributed by atoms with van der Waals surface area (Å²) in [4.78, 5) is 27.7. The van der Waals surface area contributed by atoms with Gasteiger partial charge in [0.1, 0.15) is 5.82 Å². The van der Waals surface area contributed by atoms with E-state index in [1.165, 1.54) is 18.7 Å². The molecule has 7 heteroatoms. The fourth-order valence-corrected chi connectivity index (χ4v) is 3.87. The van der Waals surface area contributed by atoms with E-state index in [0.717, 1.165) is 49.4 Å². The minimum absolute atomic E-state index is 0.141. The molecule has 146 valence electrons. The summed E-state index contributed by atoms with van der Waals surface area (Å²) in [5.41, 5.74) is 8.16. The largest absolute Gasteiger partial charge is 0.368 e. The van der Waals surface area contributed by atoms with Gasteiger partial charge in [0, 0.05) is 54.9 Å². The molecule has 0 aromatic carbocycles. The zero-order valence-corrected chi connectivity index (χ0v) is 16.6. The lowest BCUT2D eigenvalue weighted by Gasteiger charge is -2.32. The molecule has 1 amide bonds. The molecule has 0 unspecified atom stereocenters. The number of rotatable bonds is 6. The number of aromatic nitrogens is 4. The van der Waals surface area contributed by atoms with Crippen LogP contribution in [0.2, 0.25) is 0 Å². The maximum Gasteiger partial charge on any atom is 0.227 e. The van der Waals surface area contributed by atoms with E-state index in [2.05, 4.69) is 32.6 Å². The summed E-state index contributed by atoms with van der Waals surface area (Å²) in [5.74, 6) is 2.02. The first kappa shape index (κ1) is 19.3. The Labute approximate surface area is 161 Å². The van der Waals surface area contributed by atoms with Gasteiger partial charge < -0.3 is 15.2 Å². The molecule has 2 aromatic rings. The molecule has 2 N–H and O–H groups in total.